The van der Waals surface area contributed by atoms with Gasteiger partial charge < -0.3 is 5.32 Å². The highest BCUT2D eigenvalue weighted by atomic mass is 32.1. The molecule has 0 spiro atoms. The van der Waals surface area contributed by atoms with E-state index in [-0.39, 0.29) is 11.8 Å². The summed E-state index contributed by atoms with van der Waals surface area (Å²) in [5, 5.41) is 3.02. The van der Waals surface area contributed by atoms with Crippen LogP contribution in [0.1, 0.15) is 17.7 Å². The third-order valence-electron chi connectivity index (χ3n) is 3.78. The molecule has 0 radical (unpaired) electrons. The number of hydrogen-bond donors (Lipinski definition) is 1. The minimum Gasteiger partial charge on any atom is -0.326 e. The molecule has 0 aliphatic carbocycles. The van der Waals surface area contributed by atoms with E-state index >= 15 is 0 Å². The number of thiazole rings is 1. The second kappa shape index (κ2) is 6.83. The van der Waals surface area contributed by atoms with E-state index in [1.54, 1.807) is 11.3 Å². The number of hydrogen-bond acceptors (Lipinski definition) is 4. The number of carbonyl (C=O) groups excluding carboxylic acids is 1. The van der Waals surface area contributed by atoms with Gasteiger partial charge in [0.2, 0.25) is 5.91 Å². The lowest BCUT2D eigenvalue weighted by atomic mass is 9.97. The van der Waals surface area contributed by atoms with Gasteiger partial charge in [0.05, 0.1) is 11.4 Å². The predicted octanol–water partition coefficient (Wildman–Crippen LogP) is 2.99. The van der Waals surface area contributed by atoms with E-state index in [9.17, 15) is 4.79 Å². The SMILES string of the molecule is O=C(Nc1ccccc1)[C@H]1CCCN(Cc2cncs2)C1. The van der Waals surface area contributed by atoms with Crippen molar-refractivity contribution in [1.82, 2.24) is 9.88 Å². The van der Waals surface area contributed by atoms with Gasteiger partial charge in [-0.1, -0.05) is 18.2 Å². The van der Waals surface area contributed by atoms with Gasteiger partial charge in [-0.2, -0.15) is 0 Å². The van der Waals surface area contributed by atoms with E-state index in [0.29, 0.717) is 0 Å². The molecular formula is C16H19N3OS. The Balaban J connectivity index is 1.56. The molecule has 110 valence electrons. The van der Waals surface area contributed by atoms with E-state index < -0.39 is 0 Å². The highest BCUT2D eigenvalue weighted by Crippen LogP contribution is 2.21. The summed E-state index contributed by atoms with van der Waals surface area (Å²) in [6.45, 7) is 2.80. The quantitative estimate of drug-likeness (QED) is 0.944. The maximum Gasteiger partial charge on any atom is 0.228 e. The molecule has 21 heavy (non-hydrogen) atoms. The van der Waals surface area contributed by atoms with Crippen LogP contribution >= 0.6 is 11.3 Å². The maximum atomic E-state index is 12.4. The molecule has 1 amide bonds. The zero-order valence-corrected chi connectivity index (χ0v) is 12.7. The summed E-state index contributed by atoms with van der Waals surface area (Å²) in [6, 6.07) is 9.68. The molecule has 4 nitrogen and oxygen atoms in total. The normalized spacial score (nSPS) is 19.3. The predicted molar refractivity (Wildman–Crippen MR) is 85.2 cm³/mol. The van der Waals surface area contributed by atoms with Crippen molar-refractivity contribution in [2.75, 3.05) is 18.4 Å². The van der Waals surface area contributed by atoms with Gasteiger partial charge in [0.25, 0.3) is 0 Å². The van der Waals surface area contributed by atoms with E-state index in [1.165, 1.54) is 4.88 Å². The van der Waals surface area contributed by atoms with Crippen molar-refractivity contribution in [2.45, 2.75) is 19.4 Å². The smallest absolute Gasteiger partial charge is 0.228 e. The molecule has 2 aromatic rings. The molecule has 1 aromatic heterocycles. The Kier molecular flexibility index (Phi) is 4.62. The van der Waals surface area contributed by atoms with Crippen molar-refractivity contribution < 1.29 is 4.79 Å². The van der Waals surface area contributed by atoms with Crippen LogP contribution in [-0.2, 0) is 11.3 Å². The zero-order chi connectivity index (χ0) is 14.5. The molecule has 1 saturated heterocycles. The number of likely N-dealkylation sites (tertiary alicyclic amines) is 1. The lowest BCUT2D eigenvalue weighted by Crippen LogP contribution is -2.40. The van der Waals surface area contributed by atoms with E-state index in [2.05, 4.69) is 15.2 Å². The number of benzene rings is 1. The van der Waals surface area contributed by atoms with Gasteiger partial charge in [-0.3, -0.25) is 14.7 Å². The molecule has 1 fully saturated rings. The fraction of sp³-hybridized carbons (Fsp3) is 0.375. The average Bonchev–Trinajstić information content (AvgIpc) is 3.01. The van der Waals surface area contributed by atoms with Crippen LogP contribution in [0.2, 0.25) is 0 Å². The molecule has 1 N–H and O–H groups in total. The van der Waals surface area contributed by atoms with Crippen molar-refractivity contribution >= 4 is 22.9 Å². The number of rotatable bonds is 4. The number of nitrogens with zero attached hydrogens (tertiary/aromatic N) is 2. The molecule has 5 heteroatoms. The van der Waals surface area contributed by atoms with Crippen LogP contribution in [0.4, 0.5) is 5.69 Å². The first kappa shape index (κ1) is 14.2. The van der Waals surface area contributed by atoms with Crippen LogP contribution in [0, 0.1) is 5.92 Å². The Hall–Kier alpha value is -1.72. The zero-order valence-electron chi connectivity index (χ0n) is 11.9. The van der Waals surface area contributed by atoms with Crippen LogP contribution in [-0.4, -0.2) is 28.9 Å². The minimum absolute atomic E-state index is 0.0758. The van der Waals surface area contributed by atoms with Crippen LogP contribution in [0.5, 0.6) is 0 Å². The first-order chi connectivity index (χ1) is 10.3. The summed E-state index contributed by atoms with van der Waals surface area (Å²) in [7, 11) is 0. The molecule has 0 saturated carbocycles. The topological polar surface area (TPSA) is 45.2 Å². The van der Waals surface area contributed by atoms with Gasteiger partial charge in [-0.25, -0.2) is 0 Å². The van der Waals surface area contributed by atoms with Crippen LogP contribution < -0.4 is 5.32 Å². The Labute approximate surface area is 128 Å². The standard InChI is InChI=1S/C16H19N3OS/c20-16(18-14-6-2-1-3-7-14)13-5-4-8-19(10-13)11-15-9-17-12-21-15/h1-3,6-7,9,12-13H,4-5,8,10-11H2,(H,18,20)/t13-/m0/s1. The fourth-order valence-corrected chi connectivity index (χ4v) is 3.36. The average molecular weight is 301 g/mol. The van der Waals surface area contributed by atoms with Crippen molar-refractivity contribution in [3.63, 3.8) is 0 Å². The Morgan fingerprint density at radius 1 is 1.38 bits per heavy atom. The number of nitrogens with one attached hydrogen (secondary N) is 1. The molecule has 1 aliphatic rings. The van der Waals surface area contributed by atoms with E-state index in [1.807, 2.05) is 42.0 Å². The number of para-hydroxylation sites is 1. The Bertz CT molecular complexity index is 570. The summed E-state index contributed by atoms with van der Waals surface area (Å²) in [6.07, 6.45) is 3.96. The lowest BCUT2D eigenvalue weighted by molar-refractivity contribution is -0.121. The minimum atomic E-state index is 0.0758. The first-order valence-corrected chi connectivity index (χ1v) is 8.15. The first-order valence-electron chi connectivity index (χ1n) is 7.27. The molecule has 1 atom stereocenters. The van der Waals surface area contributed by atoms with E-state index in [4.69, 9.17) is 0 Å². The second-order valence-electron chi connectivity index (χ2n) is 5.40. The fourth-order valence-electron chi connectivity index (χ4n) is 2.72. The summed E-state index contributed by atoms with van der Waals surface area (Å²) in [5.74, 6) is 0.210. The largest absolute Gasteiger partial charge is 0.326 e. The van der Waals surface area contributed by atoms with Gasteiger partial charge in [-0.15, -0.1) is 11.3 Å². The van der Waals surface area contributed by atoms with Crippen molar-refractivity contribution in [3.8, 4) is 0 Å². The number of piperidine rings is 1. The lowest BCUT2D eigenvalue weighted by Gasteiger charge is -2.31. The van der Waals surface area contributed by atoms with Crippen LogP contribution in [0.25, 0.3) is 0 Å². The van der Waals surface area contributed by atoms with Crippen molar-refractivity contribution in [1.29, 1.82) is 0 Å². The number of carbonyl (C=O) groups is 1. The van der Waals surface area contributed by atoms with Gasteiger partial charge in [0.15, 0.2) is 0 Å². The summed E-state index contributed by atoms with van der Waals surface area (Å²) in [4.78, 5) is 20.1. The molecule has 0 bridgehead atoms. The van der Waals surface area contributed by atoms with Gasteiger partial charge in [0.1, 0.15) is 0 Å². The van der Waals surface area contributed by atoms with Gasteiger partial charge in [0, 0.05) is 29.9 Å². The number of amides is 1. The van der Waals surface area contributed by atoms with Crippen molar-refractivity contribution in [3.05, 3.63) is 46.9 Å². The van der Waals surface area contributed by atoms with E-state index in [0.717, 1.165) is 38.2 Å². The summed E-state index contributed by atoms with van der Waals surface area (Å²) >= 11 is 1.68. The summed E-state index contributed by atoms with van der Waals surface area (Å²) < 4.78 is 0. The van der Waals surface area contributed by atoms with Gasteiger partial charge >= 0.3 is 0 Å². The number of anilines is 1. The van der Waals surface area contributed by atoms with Gasteiger partial charge in [-0.05, 0) is 31.5 Å². The second-order valence-corrected chi connectivity index (χ2v) is 6.37. The molecule has 0 unspecified atom stereocenters. The molecule has 1 aromatic carbocycles. The Morgan fingerprint density at radius 2 is 2.24 bits per heavy atom. The monoisotopic (exact) mass is 301 g/mol. The molecule has 3 rings (SSSR count). The summed E-state index contributed by atoms with van der Waals surface area (Å²) in [5.41, 5.74) is 2.74. The molecule has 1 aliphatic heterocycles. The third kappa shape index (κ3) is 3.89. The number of aromatic nitrogens is 1. The van der Waals surface area contributed by atoms with Crippen molar-refractivity contribution in [2.24, 2.45) is 5.92 Å². The highest BCUT2D eigenvalue weighted by Gasteiger charge is 2.26. The molecular weight excluding hydrogens is 282 g/mol. The van der Waals surface area contributed by atoms with Crippen LogP contribution in [0.3, 0.4) is 0 Å². The highest BCUT2D eigenvalue weighted by molar-refractivity contribution is 7.09. The maximum absolute atomic E-state index is 12.4. The third-order valence-corrected chi connectivity index (χ3v) is 4.54. The Morgan fingerprint density at radius 3 is 3.00 bits per heavy atom. The molecule has 2 heterocycles. The van der Waals surface area contributed by atoms with Crippen LogP contribution in [0.15, 0.2) is 42.0 Å².